The number of amides is 1. The molecule has 1 aromatic heterocycles. The smallest absolute Gasteiger partial charge is 0.326 e. The summed E-state index contributed by atoms with van der Waals surface area (Å²) < 4.78 is 0. The van der Waals surface area contributed by atoms with Gasteiger partial charge < -0.3 is 9.88 Å². The number of nitrogens with zero attached hydrogens (tertiary/aromatic N) is 1. The Morgan fingerprint density at radius 1 is 1.18 bits per heavy atom. The van der Waals surface area contributed by atoms with Gasteiger partial charge in [0.25, 0.3) is 11.5 Å². The van der Waals surface area contributed by atoms with Gasteiger partial charge in [-0.25, -0.2) is 4.79 Å². The third kappa shape index (κ3) is 3.58. The van der Waals surface area contributed by atoms with Crippen LogP contribution in [0, 0.1) is 0 Å². The first-order chi connectivity index (χ1) is 8.08. The van der Waals surface area contributed by atoms with E-state index in [0.29, 0.717) is 13.1 Å². The monoisotopic (exact) mass is 239 g/mol. The molecule has 17 heavy (non-hydrogen) atoms. The van der Waals surface area contributed by atoms with Crippen LogP contribution in [0.3, 0.4) is 0 Å². The Labute approximate surface area is 98.7 Å². The molecule has 0 aliphatic heterocycles. The van der Waals surface area contributed by atoms with Gasteiger partial charge in [0.2, 0.25) is 0 Å². The van der Waals surface area contributed by atoms with Crippen molar-refractivity contribution >= 4 is 5.91 Å². The summed E-state index contributed by atoms with van der Waals surface area (Å²) in [7, 11) is 0. The van der Waals surface area contributed by atoms with Crippen LogP contribution in [0.25, 0.3) is 0 Å². The normalized spacial score (nSPS) is 10.2. The number of hydrogen-bond donors (Lipinski definition) is 2. The Bertz CT molecular complexity index is 455. The molecule has 0 saturated heterocycles. The lowest BCUT2D eigenvalue weighted by molar-refractivity contribution is 0.0749. The van der Waals surface area contributed by atoms with Gasteiger partial charge in [0.05, 0.1) is 0 Å². The number of rotatable bonds is 5. The predicted octanol–water partition coefficient (Wildman–Crippen LogP) is 0.325. The van der Waals surface area contributed by atoms with Crippen LogP contribution >= 0.6 is 0 Å². The molecule has 0 aliphatic carbocycles. The van der Waals surface area contributed by atoms with Crippen LogP contribution in [-0.2, 0) is 0 Å². The first kappa shape index (κ1) is 13.2. The van der Waals surface area contributed by atoms with Crippen molar-refractivity contribution in [2.45, 2.75) is 26.7 Å². The van der Waals surface area contributed by atoms with E-state index in [0.717, 1.165) is 18.9 Å². The van der Waals surface area contributed by atoms with Gasteiger partial charge in [-0.3, -0.25) is 14.6 Å². The van der Waals surface area contributed by atoms with E-state index < -0.39 is 11.2 Å². The Balaban J connectivity index is 3.00. The molecule has 0 radical (unpaired) electrons. The van der Waals surface area contributed by atoms with Crippen LogP contribution in [0.4, 0.5) is 0 Å². The summed E-state index contributed by atoms with van der Waals surface area (Å²) in [6, 6.07) is 1.11. The van der Waals surface area contributed by atoms with Crippen molar-refractivity contribution in [3.63, 3.8) is 0 Å². The van der Waals surface area contributed by atoms with Gasteiger partial charge in [-0.1, -0.05) is 13.8 Å². The van der Waals surface area contributed by atoms with Gasteiger partial charge in [-0.05, 0) is 12.8 Å². The average Bonchev–Trinajstić information content (AvgIpc) is 2.26. The first-order valence-corrected chi connectivity index (χ1v) is 5.71. The molecule has 0 saturated carbocycles. The van der Waals surface area contributed by atoms with Crippen molar-refractivity contribution in [2.75, 3.05) is 13.1 Å². The molecule has 0 aromatic carbocycles. The molecule has 0 atom stereocenters. The van der Waals surface area contributed by atoms with Crippen molar-refractivity contribution in [1.82, 2.24) is 14.9 Å². The molecule has 2 N–H and O–H groups in total. The van der Waals surface area contributed by atoms with Crippen molar-refractivity contribution in [3.8, 4) is 0 Å². The molecule has 0 unspecified atom stereocenters. The van der Waals surface area contributed by atoms with Gasteiger partial charge in [0.15, 0.2) is 0 Å². The summed E-state index contributed by atoms with van der Waals surface area (Å²) in [4.78, 5) is 40.2. The second-order valence-electron chi connectivity index (χ2n) is 3.79. The van der Waals surface area contributed by atoms with E-state index in [-0.39, 0.29) is 11.6 Å². The zero-order chi connectivity index (χ0) is 12.8. The van der Waals surface area contributed by atoms with Crippen molar-refractivity contribution in [2.24, 2.45) is 0 Å². The van der Waals surface area contributed by atoms with Crippen molar-refractivity contribution in [3.05, 3.63) is 32.6 Å². The van der Waals surface area contributed by atoms with E-state index in [4.69, 9.17) is 0 Å². The molecule has 1 aromatic rings. The third-order valence-corrected chi connectivity index (χ3v) is 2.27. The molecule has 1 amide bonds. The number of aromatic nitrogens is 2. The molecule has 94 valence electrons. The van der Waals surface area contributed by atoms with Gasteiger partial charge >= 0.3 is 5.69 Å². The highest BCUT2D eigenvalue weighted by atomic mass is 16.2. The van der Waals surface area contributed by atoms with Crippen LogP contribution in [0.1, 0.15) is 37.2 Å². The number of aromatic amines is 2. The Morgan fingerprint density at radius 3 is 2.24 bits per heavy atom. The minimum atomic E-state index is -0.659. The lowest BCUT2D eigenvalue weighted by atomic mass is 10.3. The maximum atomic E-state index is 12.0. The molecule has 0 spiro atoms. The van der Waals surface area contributed by atoms with Crippen LogP contribution in [0.2, 0.25) is 0 Å². The number of hydrogen-bond acceptors (Lipinski definition) is 3. The molecule has 1 heterocycles. The summed E-state index contributed by atoms with van der Waals surface area (Å²) in [5, 5.41) is 0. The average molecular weight is 239 g/mol. The largest absolute Gasteiger partial charge is 0.337 e. The highest BCUT2D eigenvalue weighted by Gasteiger charge is 2.15. The maximum Gasteiger partial charge on any atom is 0.326 e. The molecular formula is C11H17N3O3. The van der Waals surface area contributed by atoms with E-state index in [2.05, 4.69) is 4.98 Å². The van der Waals surface area contributed by atoms with E-state index in [1.807, 2.05) is 18.8 Å². The molecule has 6 heteroatoms. The van der Waals surface area contributed by atoms with E-state index in [9.17, 15) is 14.4 Å². The zero-order valence-electron chi connectivity index (χ0n) is 10.1. The lowest BCUT2D eigenvalue weighted by Gasteiger charge is -2.20. The Morgan fingerprint density at radius 2 is 1.76 bits per heavy atom. The predicted molar refractivity (Wildman–Crippen MR) is 64.2 cm³/mol. The highest BCUT2D eigenvalue weighted by molar-refractivity contribution is 5.92. The van der Waals surface area contributed by atoms with E-state index >= 15 is 0 Å². The number of H-pyrrole nitrogens is 2. The summed E-state index contributed by atoms with van der Waals surface area (Å²) in [5.74, 6) is -0.308. The van der Waals surface area contributed by atoms with Crippen LogP contribution in [-0.4, -0.2) is 33.9 Å². The molecular weight excluding hydrogens is 222 g/mol. The fraction of sp³-hybridized carbons (Fsp3) is 0.545. The number of carbonyl (C=O) groups excluding carboxylic acids is 1. The SMILES string of the molecule is CCCN(CCC)C(=O)c1cc(=O)[nH]c(=O)[nH]1. The summed E-state index contributed by atoms with van der Waals surface area (Å²) in [6.07, 6.45) is 1.67. The van der Waals surface area contributed by atoms with E-state index in [1.165, 1.54) is 0 Å². The Kier molecular flexibility index (Phi) is 4.68. The van der Waals surface area contributed by atoms with Crippen LogP contribution < -0.4 is 11.2 Å². The minimum Gasteiger partial charge on any atom is -0.337 e. The maximum absolute atomic E-state index is 12.0. The minimum absolute atomic E-state index is 0.0423. The van der Waals surface area contributed by atoms with Crippen LogP contribution in [0.15, 0.2) is 15.7 Å². The summed E-state index contributed by atoms with van der Waals surface area (Å²) in [5.41, 5.74) is -1.18. The molecule has 0 bridgehead atoms. The van der Waals surface area contributed by atoms with E-state index in [1.54, 1.807) is 4.90 Å². The fourth-order valence-electron chi connectivity index (χ4n) is 1.61. The zero-order valence-corrected chi connectivity index (χ0v) is 10.1. The Hall–Kier alpha value is -1.85. The molecule has 0 aliphatic rings. The second kappa shape index (κ2) is 6.03. The fourth-order valence-corrected chi connectivity index (χ4v) is 1.61. The van der Waals surface area contributed by atoms with Crippen molar-refractivity contribution in [1.29, 1.82) is 0 Å². The number of nitrogens with one attached hydrogen (secondary N) is 2. The number of carbonyl (C=O) groups is 1. The summed E-state index contributed by atoms with van der Waals surface area (Å²) >= 11 is 0. The standard InChI is InChI=1S/C11H17N3O3/c1-3-5-14(6-4-2)10(16)8-7-9(15)13-11(17)12-8/h7H,3-6H2,1-2H3,(H2,12,13,15,17). The van der Waals surface area contributed by atoms with Crippen molar-refractivity contribution < 1.29 is 4.79 Å². The highest BCUT2D eigenvalue weighted by Crippen LogP contribution is 2.00. The lowest BCUT2D eigenvalue weighted by Crippen LogP contribution is -2.36. The van der Waals surface area contributed by atoms with Gasteiger partial charge in [-0.2, -0.15) is 0 Å². The molecule has 0 fully saturated rings. The second-order valence-corrected chi connectivity index (χ2v) is 3.79. The van der Waals surface area contributed by atoms with Gasteiger partial charge in [-0.15, -0.1) is 0 Å². The topological polar surface area (TPSA) is 86.0 Å². The van der Waals surface area contributed by atoms with Crippen LogP contribution in [0.5, 0.6) is 0 Å². The first-order valence-electron chi connectivity index (χ1n) is 5.71. The summed E-state index contributed by atoms with van der Waals surface area (Å²) in [6.45, 7) is 5.16. The molecule has 1 rings (SSSR count). The van der Waals surface area contributed by atoms with Gasteiger partial charge in [0, 0.05) is 19.2 Å². The third-order valence-electron chi connectivity index (χ3n) is 2.27. The van der Waals surface area contributed by atoms with Gasteiger partial charge in [0.1, 0.15) is 5.69 Å². The molecule has 6 nitrogen and oxygen atoms in total. The quantitative estimate of drug-likeness (QED) is 0.776.